The summed E-state index contributed by atoms with van der Waals surface area (Å²) in [6.45, 7) is 11.8. The highest BCUT2D eigenvalue weighted by Crippen LogP contribution is 2.42. The maximum Gasteiger partial charge on any atom is 0.330 e. The van der Waals surface area contributed by atoms with Gasteiger partial charge in [-0.3, -0.25) is 9.80 Å². The summed E-state index contributed by atoms with van der Waals surface area (Å²) in [5.41, 5.74) is 1.80. The van der Waals surface area contributed by atoms with Crippen LogP contribution in [0.15, 0.2) is 35.6 Å². The Bertz CT molecular complexity index is 1040. The lowest BCUT2D eigenvalue weighted by Gasteiger charge is -2.40. The van der Waals surface area contributed by atoms with Crippen LogP contribution in [0.2, 0.25) is 18.1 Å². The minimum Gasteiger partial charge on any atom is -0.497 e. The third-order valence-electron chi connectivity index (χ3n) is 7.37. The van der Waals surface area contributed by atoms with E-state index >= 15 is 0 Å². The van der Waals surface area contributed by atoms with Crippen molar-refractivity contribution < 1.29 is 14.0 Å². The number of hydrogen-bond acceptors (Lipinski definition) is 6. The summed E-state index contributed by atoms with van der Waals surface area (Å²) < 4.78 is 12.0. The molecule has 2 aromatic rings. The molecule has 0 bridgehead atoms. The third kappa shape index (κ3) is 4.83. The molecule has 9 heteroatoms. The van der Waals surface area contributed by atoms with Crippen LogP contribution >= 0.6 is 11.8 Å². The standard InChI is InChI=1S/C25H36N4O3SSi/c1-25(2,3)34(6,7)32-21-13-10-19(14-21)29-22-17(15-26-23(27-22)33-5)16-28(24(29)30)18-8-11-20(31-4)12-9-18/h8-9,11-12,15,19,21H,10,13-14,16H2,1-7H3/t19-,21+/m1/s1. The molecule has 0 spiro atoms. The molecule has 2 heterocycles. The normalized spacial score (nSPS) is 21.1. The number of carbonyl (C=O) groups is 1. The Balaban J connectivity index is 1.64. The molecule has 2 amide bonds. The highest BCUT2D eigenvalue weighted by atomic mass is 32.2. The molecule has 1 aliphatic heterocycles. The molecule has 34 heavy (non-hydrogen) atoms. The Kier molecular flexibility index (Phi) is 6.99. The quantitative estimate of drug-likeness (QED) is 0.271. The Morgan fingerprint density at radius 2 is 1.85 bits per heavy atom. The van der Waals surface area contributed by atoms with Gasteiger partial charge in [0.05, 0.1) is 13.7 Å². The summed E-state index contributed by atoms with van der Waals surface area (Å²) in [5, 5.41) is 0.839. The number of ether oxygens (including phenoxy) is 1. The zero-order chi connectivity index (χ0) is 24.7. The minimum absolute atomic E-state index is 0.0404. The lowest BCUT2D eigenvalue weighted by atomic mass is 10.1. The van der Waals surface area contributed by atoms with E-state index in [2.05, 4.69) is 38.8 Å². The first-order valence-corrected chi connectivity index (χ1v) is 16.0. The molecule has 7 nitrogen and oxygen atoms in total. The Labute approximate surface area is 208 Å². The van der Waals surface area contributed by atoms with Gasteiger partial charge >= 0.3 is 6.03 Å². The topological polar surface area (TPSA) is 67.8 Å². The molecular weight excluding hydrogens is 464 g/mol. The average molecular weight is 501 g/mol. The van der Waals surface area contributed by atoms with Crippen LogP contribution in [-0.2, 0) is 11.0 Å². The number of carbonyl (C=O) groups excluding carboxylic acids is 1. The number of amides is 2. The van der Waals surface area contributed by atoms with Gasteiger partial charge in [0.2, 0.25) is 0 Å². The SMILES string of the molecule is COc1ccc(N2Cc3cnc(SC)nc3N([C@@H]3CC[C@H](O[Si](C)(C)C(C)(C)C)C3)C2=O)cc1. The molecule has 0 saturated heterocycles. The zero-order valence-corrected chi connectivity index (χ0v) is 23.1. The second-order valence-corrected chi connectivity index (χ2v) is 16.1. The van der Waals surface area contributed by atoms with Gasteiger partial charge in [0.1, 0.15) is 11.6 Å². The van der Waals surface area contributed by atoms with Gasteiger partial charge < -0.3 is 9.16 Å². The summed E-state index contributed by atoms with van der Waals surface area (Å²) in [5.74, 6) is 1.51. The highest BCUT2D eigenvalue weighted by molar-refractivity contribution is 7.98. The van der Waals surface area contributed by atoms with E-state index in [1.165, 1.54) is 11.8 Å². The van der Waals surface area contributed by atoms with E-state index in [0.29, 0.717) is 11.7 Å². The number of urea groups is 1. The molecule has 2 aliphatic rings. The van der Waals surface area contributed by atoms with E-state index in [1.54, 1.807) is 7.11 Å². The van der Waals surface area contributed by atoms with Crippen LogP contribution < -0.4 is 14.5 Å². The van der Waals surface area contributed by atoms with Crippen molar-refractivity contribution in [2.75, 3.05) is 23.2 Å². The van der Waals surface area contributed by atoms with Crippen LogP contribution in [0.4, 0.5) is 16.3 Å². The molecular formula is C25H36N4O3SSi. The number of anilines is 2. The predicted molar refractivity (Wildman–Crippen MR) is 141 cm³/mol. The van der Waals surface area contributed by atoms with Crippen LogP contribution in [0.3, 0.4) is 0 Å². The molecule has 4 rings (SSSR count). The van der Waals surface area contributed by atoms with Crippen LogP contribution in [-0.4, -0.2) is 49.8 Å². The van der Waals surface area contributed by atoms with Crippen LogP contribution in [0.25, 0.3) is 0 Å². The fourth-order valence-electron chi connectivity index (χ4n) is 4.40. The van der Waals surface area contributed by atoms with Crippen molar-refractivity contribution in [1.29, 1.82) is 0 Å². The summed E-state index contributed by atoms with van der Waals surface area (Å²) in [6, 6.07) is 7.63. The van der Waals surface area contributed by atoms with E-state index in [9.17, 15) is 4.79 Å². The minimum atomic E-state index is -1.88. The molecule has 0 N–H and O–H groups in total. The van der Waals surface area contributed by atoms with Crippen molar-refractivity contribution in [3.05, 3.63) is 36.0 Å². The largest absolute Gasteiger partial charge is 0.497 e. The Morgan fingerprint density at radius 1 is 1.15 bits per heavy atom. The van der Waals surface area contributed by atoms with E-state index in [-0.39, 0.29) is 23.2 Å². The molecule has 1 aliphatic carbocycles. The first-order chi connectivity index (χ1) is 16.0. The van der Waals surface area contributed by atoms with Gasteiger partial charge in [-0.15, -0.1) is 0 Å². The maximum absolute atomic E-state index is 13.9. The first-order valence-electron chi connectivity index (χ1n) is 11.9. The van der Waals surface area contributed by atoms with Gasteiger partial charge in [0, 0.05) is 29.6 Å². The Hall–Kier alpha value is -2.10. The van der Waals surface area contributed by atoms with Gasteiger partial charge in [-0.1, -0.05) is 32.5 Å². The van der Waals surface area contributed by atoms with Crippen molar-refractivity contribution in [3.8, 4) is 5.75 Å². The summed E-state index contributed by atoms with van der Waals surface area (Å²) in [4.78, 5) is 26.9. The lowest BCUT2D eigenvalue weighted by molar-refractivity contribution is 0.186. The van der Waals surface area contributed by atoms with Crippen molar-refractivity contribution >= 4 is 37.6 Å². The second-order valence-electron chi connectivity index (χ2n) is 10.6. The van der Waals surface area contributed by atoms with E-state index < -0.39 is 8.32 Å². The van der Waals surface area contributed by atoms with Gasteiger partial charge in [0.25, 0.3) is 0 Å². The van der Waals surface area contributed by atoms with Gasteiger partial charge in [-0.25, -0.2) is 14.8 Å². The summed E-state index contributed by atoms with van der Waals surface area (Å²) in [6.07, 6.45) is 6.67. The molecule has 1 saturated carbocycles. The number of fused-ring (bicyclic) bond motifs is 1. The van der Waals surface area contributed by atoms with E-state index in [1.807, 2.05) is 46.5 Å². The van der Waals surface area contributed by atoms with Gasteiger partial charge in [0.15, 0.2) is 13.5 Å². The smallest absolute Gasteiger partial charge is 0.330 e. The number of benzene rings is 1. The Morgan fingerprint density at radius 3 is 2.47 bits per heavy atom. The fourth-order valence-corrected chi connectivity index (χ4v) is 6.14. The van der Waals surface area contributed by atoms with Crippen molar-refractivity contribution in [2.45, 2.75) is 82.0 Å². The number of nitrogens with zero attached hydrogens (tertiary/aromatic N) is 4. The summed E-state index contributed by atoms with van der Waals surface area (Å²) >= 11 is 1.49. The van der Waals surface area contributed by atoms with Crippen molar-refractivity contribution in [1.82, 2.24) is 9.97 Å². The summed E-state index contributed by atoms with van der Waals surface area (Å²) in [7, 11) is -0.241. The number of hydrogen-bond donors (Lipinski definition) is 0. The number of thioether (sulfide) groups is 1. The monoisotopic (exact) mass is 500 g/mol. The molecule has 1 aromatic heterocycles. The predicted octanol–water partition coefficient (Wildman–Crippen LogP) is 6.10. The first kappa shape index (κ1) is 25.0. The van der Waals surface area contributed by atoms with Gasteiger partial charge in [-0.05, 0) is 67.9 Å². The fraction of sp³-hybridized carbons (Fsp3) is 0.560. The van der Waals surface area contributed by atoms with E-state index in [0.717, 1.165) is 42.1 Å². The zero-order valence-electron chi connectivity index (χ0n) is 21.3. The molecule has 2 atom stereocenters. The number of rotatable bonds is 6. The maximum atomic E-state index is 13.9. The van der Waals surface area contributed by atoms with Gasteiger partial charge in [-0.2, -0.15) is 0 Å². The molecule has 1 fully saturated rings. The van der Waals surface area contributed by atoms with Crippen molar-refractivity contribution in [3.63, 3.8) is 0 Å². The van der Waals surface area contributed by atoms with E-state index in [4.69, 9.17) is 14.1 Å². The van der Waals surface area contributed by atoms with Crippen LogP contribution in [0.1, 0.15) is 45.6 Å². The van der Waals surface area contributed by atoms with Crippen LogP contribution in [0.5, 0.6) is 5.75 Å². The lowest BCUT2D eigenvalue weighted by Crippen LogP contribution is -2.52. The molecule has 184 valence electrons. The molecule has 0 unspecified atom stereocenters. The second kappa shape index (κ2) is 9.51. The van der Waals surface area contributed by atoms with Crippen molar-refractivity contribution in [2.24, 2.45) is 0 Å². The number of aromatic nitrogens is 2. The molecule has 0 radical (unpaired) electrons. The van der Waals surface area contributed by atoms with Crippen LogP contribution in [0, 0.1) is 0 Å². The third-order valence-corrected chi connectivity index (χ3v) is 12.5. The number of methoxy groups -OCH3 is 1. The average Bonchev–Trinajstić information content (AvgIpc) is 3.24. The molecule has 1 aromatic carbocycles. The highest BCUT2D eigenvalue weighted by Gasteiger charge is 2.44.